The minimum absolute atomic E-state index is 0.00629. The van der Waals surface area contributed by atoms with E-state index in [1.54, 1.807) is 0 Å². The molecule has 2 amide bonds. The molecular formula is C35H43N3O4. The van der Waals surface area contributed by atoms with Gasteiger partial charge in [0.1, 0.15) is 0 Å². The van der Waals surface area contributed by atoms with Gasteiger partial charge < -0.3 is 25.2 Å². The molecule has 1 heterocycles. The number of aliphatic hydroxyl groups excluding tert-OH is 1. The summed E-state index contributed by atoms with van der Waals surface area (Å²) in [6.45, 7) is 8.29. The number of rotatable bonds is 11. The largest absolute Gasteiger partial charge is 0.392 e. The Bertz CT molecular complexity index is 1290. The Balaban J connectivity index is 1.34. The molecule has 4 atom stereocenters. The van der Waals surface area contributed by atoms with Crippen molar-refractivity contribution >= 4 is 11.7 Å². The predicted molar refractivity (Wildman–Crippen MR) is 166 cm³/mol. The highest BCUT2D eigenvalue weighted by Crippen LogP contribution is 2.42. The van der Waals surface area contributed by atoms with Gasteiger partial charge in [-0.3, -0.25) is 4.90 Å². The monoisotopic (exact) mass is 569 g/mol. The fraction of sp³-hybridized carbons (Fsp3) is 0.400. The summed E-state index contributed by atoms with van der Waals surface area (Å²) in [7, 11) is 0. The molecule has 0 unspecified atom stereocenters. The quantitative estimate of drug-likeness (QED) is 0.223. The Kier molecular flexibility index (Phi) is 10.4. The second-order valence-electron chi connectivity index (χ2n) is 11.4. The molecular weight excluding hydrogens is 526 g/mol. The van der Waals surface area contributed by atoms with E-state index in [0.29, 0.717) is 18.3 Å². The molecule has 0 radical (unpaired) electrons. The van der Waals surface area contributed by atoms with Crippen LogP contribution < -0.4 is 10.6 Å². The highest BCUT2D eigenvalue weighted by molar-refractivity contribution is 5.89. The molecule has 3 aromatic carbocycles. The van der Waals surface area contributed by atoms with Crippen LogP contribution in [0.4, 0.5) is 10.5 Å². The predicted octanol–water partition coefficient (Wildman–Crippen LogP) is 6.72. The maximum Gasteiger partial charge on any atom is 0.319 e. The Morgan fingerprint density at radius 3 is 2.45 bits per heavy atom. The number of aliphatic hydroxyl groups is 1. The average molecular weight is 570 g/mol. The highest BCUT2D eigenvalue weighted by atomic mass is 16.7. The Morgan fingerprint density at radius 2 is 1.74 bits per heavy atom. The normalized spacial score (nSPS) is 22.6. The van der Waals surface area contributed by atoms with Crippen molar-refractivity contribution in [1.82, 2.24) is 10.2 Å². The van der Waals surface area contributed by atoms with Crippen molar-refractivity contribution in [3.63, 3.8) is 0 Å². The van der Waals surface area contributed by atoms with Crippen molar-refractivity contribution in [3.8, 4) is 0 Å². The van der Waals surface area contributed by atoms with Crippen LogP contribution in [0, 0.1) is 5.92 Å². The number of urea groups is 1. The van der Waals surface area contributed by atoms with Crippen LogP contribution in [0.2, 0.25) is 0 Å². The van der Waals surface area contributed by atoms with E-state index in [1.807, 2.05) is 84.9 Å². The molecule has 1 aliphatic heterocycles. The van der Waals surface area contributed by atoms with Gasteiger partial charge in [0, 0.05) is 42.8 Å². The third kappa shape index (κ3) is 7.66. The van der Waals surface area contributed by atoms with Gasteiger partial charge in [0.15, 0.2) is 6.29 Å². The number of carbonyl (C=O) groups excluding carboxylic acids is 1. The Morgan fingerprint density at radius 1 is 0.976 bits per heavy atom. The number of nitrogens with one attached hydrogen (secondary N) is 2. The van der Waals surface area contributed by atoms with Crippen molar-refractivity contribution in [2.45, 2.75) is 70.3 Å². The first kappa shape index (κ1) is 30.0. The van der Waals surface area contributed by atoms with E-state index in [9.17, 15) is 9.90 Å². The summed E-state index contributed by atoms with van der Waals surface area (Å²) < 4.78 is 13.4. The van der Waals surface area contributed by atoms with E-state index in [2.05, 4.69) is 29.0 Å². The molecule has 42 heavy (non-hydrogen) atoms. The fourth-order valence-electron chi connectivity index (χ4n) is 6.08. The zero-order valence-electron chi connectivity index (χ0n) is 24.5. The maximum atomic E-state index is 12.7. The summed E-state index contributed by atoms with van der Waals surface area (Å²) in [4.78, 5) is 15.2. The minimum Gasteiger partial charge on any atom is -0.392 e. The standard InChI is InChI=1S/C35H43N3O4/c1-3-20-38(31-14-7-8-15-31)23-32-25(2)33(28-18-16-27(24-39)17-19-28)42-34(41-32)29-12-9-13-30(21-29)37-35(40)36-22-26-10-5-4-6-11-26/h3-6,9-13,16-19,21,25,31-34,39H,1,7-8,14-15,20,22-24H2,2H3,(H2,36,37,40)/t25-,32+,33+,34+/m1/s1. The third-order valence-electron chi connectivity index (χ3n) is 8.46. The molecule has 0 spiro atoms. The van der Waals surface area contributed by atoms with Gasteiger partial charge in [0.25, 0.3) is 0 Å². The maximum absolute atomic E-state index is 12.7. The van der Waals surface area contributed by atoms with Crippen molar-refractivity contribution in [2.24, 2.45) is 5.92 Å². The van der Waals surface area contributed by atoms with Gasteiger partial charge in [0.05, 0.1) is 18.8 Å². The second kappa shape index (κ2) is 14.6. The molecule has 3 N–H and O–H groups in total. The molecule has 2 fully saturated rings. The summed E-state index contributed by atoms with van der Waals surface area (Å²) in [5, 5.41) is 15.4. The first-order valence-electron chi connectivity index (χ1n) is 15.1. The molecule has 1 aliphatic carbocycles. The van der Waals surface area contributed by atoms with Gasteiger partial charge in [-0.05, 0) is 41.7 Å². The topological polar surface area (TPSA) is 83.1 Å². The zero-order chi connectivity index (χ0) is 29.3. The van der Waals surface area contributed by atoms with Crippen molar-refractivity contribution < 1.29 is 19.4 Å². The molecule has 0 aromatic heterocycles. The number of amides is 2. The minimum atomic E-state index is -0.600. The molecule has 1 saturated carbocycles. The summed E-state index contributed by atoms with van der Waals surface area (Å²) >= 11 is 0. The van der Waals surface area contributed by atoms with E-state index < -0.39 is 6.29 Å². The van der Waals surface area contributed by atoms with Crippen molar-refractivity contribution in [3.05, 3.63) is 114 Å². The van der Waals surface area contributed by atoms with Crippen LogP contribution in [-0.4, -0.2) is 41.3 Å². The lowest BCUT2D eigenvalue weighted by Gasteiger charge is -2.43. The molecule has 1 saturated heterocycles. The Hall–Kier alpha value is -3.49. The number of benzene rings is 3. The third-order valence-corrected chi connectivity index (χ3v) is 8.46. The van der Waals surface area contributed by atoms with E-state index >= 15 is 0 Å². The van der Waals surface area contributed by atoms with E-state index in [0.717, 1.165) is 35.3 Å². The molecule has 3 aromatic rings. The first-order valence-corrected chi connectivity index (χ1v) is 15.1. The number of carbonyl (C=O) groups is 1. The lowest BCUT2D eigenvalue weighted by Crippen LogP contribution is -2.47. The van der Waals surface area contributed by atoms with Crippen LogP contribution >= 0.6 is 0 Å². The van der Waals surface area contributed by atoms with Crippen LogP contribution in [0.1, 0.15) is 67.3 Å². The van der Waals surface area contributed by atoms with Gasteiger partial charge >= 0.3 is 6.03 Å². The van der Waals surface area contributed by atoms with Crippen molar-refractivity contribution in [2.75, 3.05) is 18.4 Å². The summed E-state index contributed by atoms with van der Waals surface area (Å²) in [5.41, 5.74) is 4.48. The molecule has 2 aliphatic rings. The van der Waals surface area contributed by atoms with Crippen molar-refractivity contribution in [1.29, 1.82) is 0 Å². The number of hydrogen-bond donors (Lipinski definition) is 3. The van der Waals surface area contributed by atoms with Crippen LogP contribution in [0.5, 0.6) is 0 Å². The van der Waals surface area contributed by atoms with Gasteiger partial charge in [-0.2, -0.15) is 0 Å². The smallest absolute Gasteiger partial charge is 0.319 e. The van der Waals surface area contributed by atoms with Gasteiger partial charge in [-0.1, -0.05) is 92.6 Å². The van der Waals surface area contributed by atoms with E-state index in [4.69, 9.17) is 9.47 Å². The van der Waals surface area contributed by atoms with Crippen LogP contribution in [0.15, 0.2) is 91.5 Å². The van der Waals surface area contributed by atoms with Crippen LogP contribution in [-0.2, 0) is 22.6 Å². The van der Waals surface area contributed by atoms with Gasteiger partial charge in [-0.15, -0.1) is 6.58 Å². The fourth-order valence-corrected chi connectivity index (χ4v) is 6.08. The molecule has 7 heteroatoms. The lowest BCUT2D eigenvalue weighted by atomic mass is 9.89. The summed E-state index contributed by atoms with van der Waals surface area (Å²) in [6.07, 6.45) is 6.08. The highest BCUT2D eigenvalue weighted by Gasteiger charge is 2.40. The SMILES string of the molecule is C=CCN(C[C@@H]1O[C@H](c2cccc(NC(=O)NCc3ccccc3)c2)O[C@H](c2ccc(CO)cc2)[C@@H]1C)C1CCCC1. The van der Waals surface area contributed by atoms with Crippen LogP contribution in [0.25, 0.3) is 0 Å². The van der Waals surface area contributed by atoms with Gasteiger partial charge in [-0.25, -0.2) is 4.79 Å². The average Bonchev–Trinajstić information content (AvgIpc) is 3.57. The van der Waals surface area contributed by atoms with E-state index in [1.165, 1.54) is 25.7 Å². The number of nitrogens with zero attached hydrogens (tertiary/aromatic N) is 1. The first-order chi connectivity index (χ1) is 20.5. The number of ether oxygens (including phenoxy) is 2. The molecule has 5 rings (SSSR count). The zero-order valence-corrected chi connectivity index (χ0v) is 24.5. The Labute approximate surface area is 249 Å². The molecule has 0 bridgehead atoms. The van der Waals surface area contributed by atoms with Crippen LogP contribution in [0.3, 0.4) is 0 Å². The molecule has 222 valence electrons. The molecule has 7 nitrogen and oxygen atoms in total. The lowest BCUT2D eigenvalue weighted by molar-refractivity contribution is -0.276. The second-order valence-corrected chi connectivity index (χ2v) is 11.4. The summed E-state index contributed by atoms with van der Waals surface area (Å²) in [6, 6.07) is 25.8. The number of anilines is 1. The number of hydrogen-bond acceptors (Lipinski definition) is 5. The summed E-state index contributed by atoms with van der Waals surface area (Å²) in [5.74, 6) is 0.0972. The van der Waals surface area contributed by atoms with E-state index in [-0.39, 0.29) is 30.8 Å². The van der Waals surface area contributed by atoms with Gasteiger partial charge in [0.2, 0.25) is 0 Å².